The zero-order valence-corrected chi connectivity index (χ0v) is 21.8. The van der Waals surface area contributed by atoms with Crippen molar-refractivity contribution in [1.29, 1.82) is 0 Å². The molecule has 34 heavy (non-hydrogen) atoms. The van der Waals surface area contributed by atoms with Gasteiger partial charge in [0.2, 0.25) is 0 Å². The molecule has 0 bridgehead atoms. The SMILES string of the molecule is O=C([O-])C[C@@H](O)C[C@@H](O)/C=C/c1c2c(nn1-c1ccc(F)cc1)C(C1CCCCC1)CCC2.[Na+]. The van der Waals surface area contributed by atoms with E-state index in [2.05, 4.69) is 0 Å². The van der Waals surface area contributed by atoms with E-state index in [4.69, 9.17) is 5.10 Å². The van der Waals surface area contributed by atoms with Crippen molar-refractivity contribution >= 4 is 12.0 Å². The van der Waals surface area contributed by atoms with E-state index in [0.717, 1.165) is 36.3 Å². The van der Waals surface area contributed by atoms with Gasteiger partial charge in [0.25, 0.3) is 0 Å². The van der Waals surface area contributed by atoms with Crippen molar-refractivity contribution < 1.29 is 54.1 Å². The molecule has 1 heterocycles. The first-order valence-electron chi connectivity index (χ1n) is 12.0. The van der Waals surface area contributed by atoms with Crippen molar-refractivity contribution in [2.75, 3.05) is 0 Å². The maximum absolute atomic E-state index is 13.6. The van der Waals surface area contributed by atoms with Crippen LogP contribution in [0.15, 0.2) is 30.3 Å². The summed E-state index contributed by atoms with van der Waals surface area (Å²) in [4.78, 5) is 10.7. The molecule has 1 aromatic heterocycles. The molecule has 0 spiro atoms. The Balaban J connectivity index is 0.00000324. The summed E-state index contributed by atoms with van der Waals surface area (Å²) in [5.74, 6) is -0.615. The van der Waals surface area contributed by atoms with Gasteiger partial charge in [-0.1, -0.05) is 25.3 Å². The summed E-state index contributed by atoms with van der Waals surface area (Å²) in [5, 5.41) is 35.8. The van der Waals surface area contributed by atoms with E-state index >= 15 is 0 Å². The first-order valence-corrected chi connectivity index (χ1v) is 12.0. The fraction of sp³-hybridized carbons (Fsp3) is 0.538. The van der Waals surface area contributed by atoms with Gasteiger partial charge in [-0.05, 0) is 68.4 Å². The number of carboxylic acid groups (broad SMARTS) is 1. The number of carboxylic acids is 1. The second-order valence-corrected chi connectivity index (χ2v) is 9.43. The summed E-state index contributed by atoms with van der Waals surface area (Å²) >= 11 is 0. The van der Waals surface area contributed by atoms with E-state index in [9.17, 15) is 24.5 Å². The summed E-state index contributed by atoms with van der Waals surface area (Å²) < 4.78 is 15.4. The molecule has 2 aliphatic carbocycles. The van der Waals surface area contributed by atoms with Crippen molar-refractivity contribution in [2.45, 2.75) is 82.3 Å². The van der Waals surface area contributed by atoms with Crippen LogP contribution in [0.2, 0.25) is 0 Å². The van der Waals surface area contributed by atoms with Crippen LogP contribution in [-0.4, -0.2) is 38.2 Å². The van der Waals surface area contributed by atoms with Gasteiger partial charge < -0.3 is 20.1 Å². The Labute approximate surface area is 222 Å². The number of hydrogen-bond acceptors (Lipinski definition) is 5. The number of aliphatic hydroxyl groups is 2. The third-order valence-electron chi connectivity index (χ3n) is 7.03. The molecular formula is C26H32FN2NaO4. The predicted octanol–water partition coefficient (Wildman–Crippen LogP) is 0.281. The molecule has 0 saturated heterocycles. The van der Waals surface area contributed by atoms with E-state index in [-0.39, 0.29) is 41.8 Å². The van der Waals surface area contributed by atoms with Crippen LogP contribution < -0.4 is 34.7 Å². The largest absolute Gasteiger partial charge is 1.00 e. The molecule has 2 N–H and O–H groups in total. The van der Waals surface area contributed by atoms with E-state index < -0.39 is 24.6 Å². The molecule has 178 valence electrons. The minimum Gasteiger partial charge on any atom is -0.550 e. The van der Waals surface area contributed by atoms with Gasteiger partial charge in [-0.2, -0.15) is 5.10 Å². The monoisotopic (exact) mass is 478 g/mol. The first-order chi connectivity index (χ1) is 15.9. The zero-order valence-electron chi connectivity index (χ0n) is 19.8. The Hall–Kier alpha value is -1.51. The molecule has 1 saturated carbocycles. The summed E-state index contributed by atoms with van der Waals surface area (Å²) in [6.07, 6.45) is 9.96. The quantitative estimate of drug-likeness (QED) is 0.532. The van der Waals surface area contributed by atoms with Gasteiger partial charge in [-0.3, -0.25) is 0 Å². The van der Waals surface area contributed by atoms with Gasteiger partial charge in [0.15, 0.2) is 0 Å². The fourth-order valence-electron chi connectivity index (χ4n) is 5.45. The van der Waals surface area contributed by atoms with Crippen LogP contribution >= 0.6 is 0 Å². The second kappa shape index (κ2) is 12.5. The van der Waals surface area contributed by atoms with Gasteiger partial charge in [-0.15, -0.1) is 0 Å². The molecule has 0 amide bonds. The molecule has 1 fully saturated rings. The number of benzene rings is 1. The number of aliphatic carboxylic acids is 1. The number of aromatic nitrogens is 2. The summed E-state index contributed by atoms with van der Waals surface area (Å²) in [5.41, 5.74) is 3.88. The van der Waals surface area contributed by atoms with Crippen LogP contribution in [0.25, 0.3) is 11.8 Å². The van der Waals surface area contributed by atoms with Crippen molar-refractivity contribution in [3.05, 3.63) is 53.1 Å². The maximum atomic E-state index is 13.6. The van der Waals surface area contributed by atoms with Gasteiger partial charge >= 0.3 is 29.6 Å². The second-order valence-electron chi connectivity index (χ2n) is 9.43. The number of halogens is 1. The van der Waals surface area contributed by atoms with Crippen molar-refractivity contribution in [3.63, 3.8) is 0 Å². The molecule has 1 unspecified atom stereocenters. The van der Waals surface area contributed by atoms with Crippen LogP contribution in [0, 0.1) is 11.7 Å². The van der Waals surface area contributed by atoms with Crippen LogP contribution in [0.3, 0.4) is 0 Å². The molecule has 1 aromatic carbocycles. The Morgan fingerprint density at radius 3 is 2.53 bits per heavy atom. The van der Waals surface area contributed by atoms with Gasteiger partial charge in [0, 0.05) is 30.3 Å². The fourth-order valence-corrected chi connectivity index (χ4v) is 5.45. The molecule has 6 nitrogen and oxygen atoms in total. The molecule has 0 radical (unpaired) electrons. The average molecular weight is 479 g/mol. The number of rotatable bonds is 8. The number of carbonyl (C=O) groups is 1. The van der Waals surface area contributed by atoms with E-state index in [1.165, 1.54) is 49.8 Å². The smallest absolute Gasteiger partial charge is 0.550 e. The Kier molecular flexibility index (Phi) is 9.92. The van der Waals surface area contributed by atoms with E-state index in [1.807, 2.05) is 4.68 Å². The topological polar surface area (TPSA) is 98.4 Å². The summed E-state index contributed by atoms with van der Waals surface area (Å²) in [6.45, 7) is 0. The van der Waals surface area contributed by atoms with Crippen molar-refractivity contribution in [2.24, 2.45) is 5.92 Å². The third kappa shape index (κ3) is 6.58. The molecule has 4 rings (SSSR count). The summed E-state index contributed by atoms with van der Waals surface area (Å²) in [7, 11) is 0. The van der Waals surface area contributed by atoms with E-state index in [1.54, 1.807) is 24.3 Å². The third-order valence-corrected chi connectivity index (χ3v) is 7.03. The number of hydrogen-bond donors (Lipinski definition) is 2. The van der Waals surface area contributed by atoms with Gasteiger partial charge in [0.1, 0.15) is 5.82 Å². The zero-order chi connectivity index (χ0) is 23.4. The van der Waals surface area contributed by atoms with Crippen LogP contribution in [-0.2, 0) is 11.2 Å². The predicted molar refractivity (Wildman–Crippen MR) is 121 cm³/mol. The molecule has 2 aromatic rings. The summed E-state index contributed by atoms with van der Waals surface area (Å²) in [6, 6.07) is 6.21. The Morgan fingerprint density at radius 2 is 1.85 bits per heavy atom. The number of fused-ring (bicyclic) bond motifs is 1. The average Bonchev–Trinajstić information content (AvgIpc) is 3.17. The number of nitrogens with zero attached hydrogens (tertiary/aromatic N) is 2. The standard InChI is InChI=1S/C26H33FN2O4.Na/c27-18-9-11-19(12-10-18)29-24(14-13-20(30)15-21(31)16-25(32)33)23-8-4-7-22(26(23)28-29)17-5-2-1-3-6-17;/h9-14,17,20-22,30-31H,1-8,15-16H2,(H,32,33);/q;+1/p-1/b14-13+;/t20-,21-,22?;/m0./s1. The molecule has 8 heteroatoms. The first kappa shape index (κ1) is 27.1. The van der Waals surface area contributed by atoms with Crippen LogP contribution in [0.4, 0.5) is 4.39 Å². The van der Waals surface area contributed by atoms with Crippen molar-refractivity contribution in [3.8, 4) is 5.69 Å². The number of aliphatic hydroxyl groups excluding tert-OH is 2. The van der Waals surface area contributed by atoms with Gasteiger partial charge in [0.05, 0.1) is 29.3 Å². The normalized spacial score (nSPS) is 20.5. The minimum absolute atomic E-state index is 0. The van der Waals surface area contributed by atoms with Crippen molar-refractivity contribution in [1.82, 2.24) is 9.78 Å². The molecule has 0 aliphatic heterocycles. The number of carbonyl (C=O) groups excluding carboxylic acids is 1. The Morgan fingerprint density at radius 1 is 1.15 bits per heavy atom. The molecular weight excluding hydrogens is 446 g/mol. The van der Waals surface area contributed by atoms with Gasteiger partial charge in [-0.25, -0.2) is 9.07 Å². The van der Waals surface area contributed by atoms with Crippen LogP contribution in [0.1, 0.15) is 80.7 Å². The molecule has 3 atom stereocenters. The maximum Gasteiger partial charge on any atom is 1.00 e. The van der Waals surface area contributed by atoms with Crippen LogP contribution in [0.5, 0.6) is 0 Å². The Bertz CT molecular complexity index is 985. The minimum atomic E-state index is -1.35. The molecule has 2 aliphatic rings. The van der Waals surface area contributed by atoms with E-state index in [0.29, 0.717) is 11.8 Å².